The van der Waals surface area contributed by atoms with E-state index in [1.165, 1.54) is 38.4 Å². The standard InChI is InChI=1S/C25H27FN2O7S/c1-32-15-14-28(25(29)27-21-6-4-5-7-22(21)33-2)17-18-8-13-23(34-3)24(16-18)35-36(30,31)20-11-9-19(26)10-12-20/h4-13,16H,14-15,17H2,1-3H3,(H,27,29). The second kappa shape index (κ2) is 12.2. The van der Waals surface area contributed by atoms with Gasteiger partial charge in [-0.3, -0.25) is 0 Å². The maximum absolute atomic E-state index is 13.2. The molecule has 0 bridgehead atoms. The normalized spacial score (nSPS) is 11.0. The molecule has 0 fully saturated rings. The molecule has 0 aliphatic heterocycles. The molecule has 11 heteroatoms. The maximum Gasteiger partial charge on any atom is 0.339 e. The second-order valence-corrected chi connectivity index (χ2v) is 9.07. The number of nitrogens with one attached hydrogen (secondary N) is 1. The number of carbonyl (C=O) groups is 1. The largest absolute Gasteiger partial charge is 0.495 e. The first kappa shape index (κ1) is 26.8. The predicted molar refractivity (Wildman–Crippen MR) is 132 cm³/mol. The molecule has 0 saturated carbocycles. The van der Waals surface area contributed by atoms with Crippen molar-refractivity contribution in [3.63, 3.8) is 0 Å². The first-order valence-electron chi connectivity index (χ1n) is 10.8. The summed E-state index contributed by atoms with van der Waals surface area (Å²) in [6, 6.07) is 15.5. The molecule has 0 radical (unpaired) electrons. The Kier molecular flexibility index (Phi) is 9.09. The van der Waals surface area contributed by atoms with Crippen molar-refractivity contribution in [1.29, 1.82) is 0 Å². The molecular formula is C25H27FN2O7S. The minimum Gasteiger partial charge on any atom is -0.495 e. The molecule has 0 heterocycles. The number of hydrogen-bond acceptors (Lipinski definition) is 7. The number of nitrogens with zero attached hydrogens (tertiary/aromatic N) is 1. The van der Waals surface area contributed by atoms with Crippen molar-refractivity contribution in [2.75, 3.05) is 39.8 Å². The number of amides is 2. The lowest BCUT2D eigenvalue weighted by Gasteiger charge is -2.24. The molecular weight excluding hydrogens is 491 g/mol. The second-order valence-electron chi connectivity index (χ2n) is 7.52. The Morgan fingerprint density at radius 2 is 1.61 bits per heavy atom. The van der Waals surface area contributed by atoms with E-state index in [4.69, 9.17) is 18.4 Å². The van der Waals surface area contributed by atoms with Gasteiger partial charge in [0.2, 0.25) is 0 Å². The lowest BCUT2D eigenvalue weighted by molar-refractivity contribution is 0.152. The van der Waals surface area contributed by atoms with Crippen molar-refractivity contribution < 1.29 is 36.0 Å². The minimum absolute atomic E-state index is 0.0730. The van der Waals surface area contributed by atoms with E-state index >= 15 is 0 Å². The molecule has 36 heavy (non-hydrogen) atoms. The highest BCUT2D eigenvalue weighted by atomic mass is 32.2. The average Bonchev–Trinajstić information content (AvgIpc) is 2.87. The van der Waals surface area contributed by atoms with Gasteiger partial charge in [-0.1, -0.05) is 18.2 Å². The number of para-hydroxylation sites is 2. The van der Waals surface area contributed by atoms with E-state index in [0.29, 0.717) is 17.0 Å². The number of hydrogen-bond donors (Lipinski definition) is 1. The van der Waals surface area contributed by atoms with E-state index in [1.54, 1.807) is 30.3 Å². The molecule has 0 unspecified atom stereocenters. The van der Waals surface area contributed by atoms with Crippen molar-refractivity contribution in [3.8, 4) is 17.2 Å². The Bertz CT molecular complexity index is 1280. The predicted octanol–water partition coefficient (Wildman–Crippen LogP) is 4.29. The molecule has 3 aromatic carbocycles. The third kappa shape index (κ3) is 6.86. The highest BCUT2D eigenvalue weighted by Gasteiger charge is 2.21. The molecule has 0 aliphatic rings. The number of rotatable bonds is 11. The fourth-order valence-corrected chi connectivity index (χ4v) is 4.20. The van der Waals surface area contributed by atoms with E-state index < -0.39 is 22.0 Å². The highest BCUT2D eigenvalue weighted by Crippen LogP contribution is 2.31. The van der Waals surface area contributed by atoms with E-state index in [9.17, 15) is 17.6 Å². The molecule has 192 valence electrons. The Hall–Kier alpha value is -3.83. The van der Waals surface area contributed by atoms with Crippen LogP contribution in [0.3, 0.4) is 0 Å². The van der Waals surface area contributed by atoms with Crippen molar-refractivity contribution in [2.45, 2.75) is 11.4 Å². The van der Waals surface area contributed by atoms with Gasteiger partial charge in [0.25, 0.3) is 0 Å². The molecule has 3 aromatic rings. The molecule has 2 amide bonds. The molecule has 0 spiro atoms. The van der Waals surface area contributed by atoms with Crippen LogP contribution in [0.15, 0.2) is 71.6 Å². The lowest BCUT2D eigenvalue weighted by Crippen LogP contribution is -2.37. The van der Waals surface area contributed by atoms with Gasteiger partial charge in [0, 0.05) is 20.2 Å². The zero-order chi connectivity index (χ0) is 26.1. The van der Waals surface area contributed by atoms with Crippen LogP contribution >= 0.6 is 0 Å². The first-order valence-corrected chi connectivity index (χ1v) is 12.2. The average molecular weight is 519 g/mol. The number of ether oxygens (including phenoxy) is 3. The zero-order valence-corrected chi connectivity index (χ0v) is 20.9. The summed E-state index contributed by atoms with van der Waals surface area (Å²) in [7, 11) is 0.143. The Labute approximate surface area is 209 Å². The van der Waals surface area contributed by atoms with Crippen molar-refractivity contribution in [1.82, 2.24) is 4.90 Å². The van der Waals surface area contributed by atoms with Gasteiger partial charge in [0.05, 0.1) is 26.5 Å². The Morgan fingerprint density at radius 3 is 2.28 bits per heavy atom. The SMILES string of the molecule is COCCN(Cc1ccc(OC)c(OS(=O)(=O)c2ccc(F)cc2)c1)C(=O)Nc1ccccc1OC. The van der Waals surface area contributed by atoms with Gasteiger partial charge in [-0.05, 0) is 54.1 Å². The minimum atomic E-state index is -4.26. The van der Waals surface area contributed by atoms with E-state index in [-0.39, 0.29) is 36.1 Å². The lowest BCUT2D eigenvalue weighted by atomic mass is 10.2. The van der Waals surface area contributed by atoms with Crippen LogP contribution in [0.5, 0.6) is 17.2 Å². The summed E-state index contributed by atoms with van der Waals surface area (Å²) in [5.41, 5.74) is 1.07. The monoisotopic (exact) mass is 518 g/mol. The third-order valence-corrected chi connectivity index (χ3v) is 6.35. The summed E-state index contributed by atoms with van der Waals surface area (Å²) in [5, 5.41) is 2.82. The van der Waals surface area contributed by atoms with E-state index in [2.05, 4.69) is 5.32 Å². The molecule has 1 N–H and O–H groups in total. The summed E-state index contributed by atoms with van der Waals surface area (Å²) in [5.74, 6) is 0.0299. The van der Waals surface area contributed by atoms with Gasteiger partial charge in [0.15, 0.2) is 11.5 Å². The number of carbonyl (C=O) groups excluding carboxylic acids is 1. The number of halogens is 1. The summed E-state index contributed by atoms with van der Waals surface area (Å²) in [4.78, 5) is 14.3. The van der Waals surface area contributed by atoms with Gasteiger partial charge in [-0.25, -0.2) is 9.18 Å². The van der Waals surface area contributed by atoms with Gasteiger partial charge >= 0.3 is 16.1 Å². The topological polar surface area (TPSA) is 103 Å². The Morgan fingerprint density at radius 1 is 0.917 bits per heavy atom. The first-order chi connectivity index (χ1) is 17.3. The van der Waals surface area contributed by atoms with Crippen LogP contribution in [0.2, 0.25) is 0 Å². The van der Waals surface area contributed by atoms with Gasteiger partial charge in [-0.2, -0.15) is 8.42 Å². The van der Waals surface area contributed by atoms with Crippen LogP contribution < -0.4 is 19.0 Å². The van der Waals surface area contributed by atoms with Crippen molar-refractivity contribution in [3.05, 3.63) is 78.1 Å². The van der Waals surface area contributed by atoms with Gasteiger partial charge in [0.1, 0.15) is 16.5 Å². The van der Waals surface area contributed by atoms with Gasteiger partial charge in [-0.15, -0.1) is 0 Å². The number of anilines is 1. The highest BCUT2D eigenvalue weighted by molar-refractivity contribution is 7.87. The van der Waals surface area contributed by atoms with Crippen LogP contribution in [0, 0.1) is 5.82 Å². The van der Waals surface area contributed by atoms with Gasteiger partial charge < -0.3 is 28.6 Å². The summed E-state index contributed by atoms with van der Waals surface area (Å²) in [6.45, 7) is 0.646. The Balaban J connectivity index is 1.84. The maximum atomic E-state index is 13.2. The fourth-order valence-electron chi connectivity index (χ4n) is 3.27. The smallest absolute Gasteiger partial charge is 0.339 e. The fraction of sp³-hybridized carbons (Fsp3) is 0.240. The quantitative estimate of drug-likeness (QED) is 0.378. The summed E-state index contributed by atoms with van der Waals surface area (Å²) in [6.07, 6.45) is 0. The summed E-state index contributed by atoms with van der Waals surface area (Å²) < 4.78 is 59.7. The van der Waals surface area contributed by atoms with Crippen LogP contribution in [-0.4, -0.2) is 53.8 Å². The van der Waals surface area contributed by atoms with Crippen LogP contribution in [-0.2, 0) is 21.4 Å². The van der Waals surface area contributed by atoms with Crippen molar-refractivity contribution >= 4 is 21.8 Å². The van der Waals surface area contributed by atoms with Crippen LogP contribution in [0.1, 0.15) is 5.56 Å². The number of urea groups is 1. The zero-order valence-electron chi connectivity index (χ0n) is 20.1. The number of benzene rings is 3. The van der Waals surface area contributed by atoms with Crippen LogP contribution in [0.4, 0.5) is 14.9 Å². The van der Waals surface area contributed by atoms with Crippen LogP contribution in [0.25, 0.3) is 0 Å². The molecule has 0 aromatic heterocycles. The summed E-state index contributed by atoms with van der Waals surface area (Å²) >= 11 is 0. The third-order valence-electron chi connectivity index (χ3n) is 5.10. The number of methoxy groups -OCH3 is 3. The van der Waals surface area contributed by atoms with E-state index in [1.807, 2.05) is 0 Å². The molecule has 3 rings (SSSR count). The molecule has 0 aliphatic carbocycles. The molecule has 0 atom stereocenters. The molecule has 0 saturated heterocycles. The van der Waals surface area contributed by atoms with Crippen molar-refractivity contribution in [2.24, 2.45) is 0 Å². The molecule has 9 nitrogen and oxygen atoms in total. The van der Waals surface area contributed by atoms with E-state index in [0.717, 1.165) is 24.3 Å².